The zero-order chi connectivity index (χ0) is 14.0. The number of carbonyl (C=O) groups is 2. The SMILES string of the molecule is C#CC(CCC)NC(=O)[C@H]1C2C=CC(C2)[C@H]1C(=O)O. The lowest BCUT2D eigenvalue weighted by molar-refractivity contribution is -0.147. The Bertz CT molecular complexity index is 449. The van der Waals surface area contributed by atoms with E-state index in [1.165, 1.54) is 0 Å². The fourth-order valence-electron chi connectivity index (χ4n) is 3.27. The molecule has 2 rings (SSSR count). The van der Waals surface area contributed by atoms with Gasteiger partial charge in [-0.2, -0.15) is 0 Å². The lowest BCUT2D eigenvalue weighted by Crippen LogP contribution is -2.44. The molecule has 0 aromatic carbocycles. The predicted octanol–water partition coefficient (Wildman–Crippen LogP) is 1.43. The molecule has 0 saturated heterocycles. The second-order valence-corrected chi connectivity index (χ2v) is 5.35. The zero-order valence-corrected chi connectivity index (χ0v) is 11.0. The van der Waals surface area contributed by atoms with E-state index in [-0.39, 0.29) is 23.8 Å². The predicted molar refractivity (Wildman–Crippen MR) is 71.0 cm³/mol. The summed E-state index contributed by atoms with van der Waals surface area (Å²) < 4.78 is 0. The minimum atomic E-state index is -0.884. The van der Waals surface area contributed by atoms with E-state index in [2.05, 4.69) is 11.2 Å². The number of hydrogen-bond donors (Lipinski definition) is 2. The van der Waals surface area contributed by atoms with Gasteiger partial charge in [-0.3, -0.25) is 9.59 Å². The minimum Gasteiger partial charge on any atom is -0.481 e. The van der Waals surface area contributed by atoms with Crippen molar-refractivity contribution >= 4 is 11.9 Å². The molecular formula is C15H19NO3. The maximum absolute atomic E-state index is 12.3. The number of aliphatic carboxylic acids is 1. The number of carbonyl (C=O) groups excluding carboxylic acids is 1. The molecule has 1 fully saturated rings. The van der Waals surface area contributed by atoms with Crippen molar-refractivity contribution in [2.24, 2.45) is 23.7 Å². The second kappa shape index (κ2) is 5.48. The van der Waals surface area contributed by atoms with Crippen LogP contribution in [0.4, 0.5) is 0 Å². The van der Waals surface area contributed by atoms with Gasteiger partial charge in [0, 0.05) is 0 Å². The Labute approximate surface area is 113 Å². The fraction of sp³-hybridized carbons (Fsp3) is 0.600. The summed E-state index contributed by atoms with van der Waals surface area (Å²) in [7, 11) is 0. The van der Waals surface area contributed by atoms with E-state index in [0.717, 1.165) is 19.3 Å². The smallest absolute Gasteiger partial charge is 0.307 e. The Morgan fingerprint density at radius 1 is 1.42 bits per heavy atom. The first-order valence-electron chi connectivity index (χ1n) is 6.76. The summed E-state index contributed by atoms with van der Waals surface area (Å²) in [6.45, 7) is 2.00. The van der Waals surface area contributed by atoms with Crippen molar-refractivity contribution in [1.82, 2.24) is 5.32 Å². The van der Waals surface area contributed by atoms with Gasteiger partial charge in [-0.05, 0) is 24.7 Å². The standard InChI is InChI=1S/C15H19NO3/c1-3-5-11(4-2)16-14(17)12-9-6-7-10(8-9)13(12)15(18)19/h2,6-7,9-13H,3,5,8H2,1H3,(H,16,17)(H,18,19)/t9?,10?,11?,12-,13+/m0/s1. The molecule has 0 spiro atoms. The first kappa shape index (κ1) is 13.7. The van der Waals surface area contributed by atoms with Crippen LogP contribution in [0.25, 0.3) is 0 Å². The number of terminal acetylenes is 1. The fourth-order valence-corrected chi connectivity index (χ4v) is 3.27. The van der Waals surface area contributed by atoms with Gasteiger partial charge in [0.05, 0.1) is 17.9 Å². The highest BCUT2D eigenvalue weighted by molar-refractivity contribution is 5.87. The van der Waals surface area contributed by atoms with Crippen LogP contribution in [-0.4, -0.2) is 23.0 Å². The largest absolute Gasteiger partial charge is 0.481 e. The highest BCUT2D eigenvalue weighted by Crippen LogP contribution is 2.48. The molecule has 0 aliphatic heterocycles. The monoisotopic (exact) mass is 261 g/mol. The Morgan fingerprint density at radius 2 is 2.05 bits per heavy atom. The number of nitrogens with one attached hydrogen (secondary N) is 1. The molecule has 3 unspecified atom stereocenters. The molecule has 0 aromatic heterocycles. The van der Waals surface area contributed by atoms with Crippen molar-refractivity contribution in [1.29, 1.82) is 0 Å². The van der Waals surface area contributed by atoms with Crippen molar-refractivity contribution in [3.63, 3.8) is 0 Å². The van der Waals surface area contributed by atoms with Crippen LogP contribution in [0, 0.1) is 36.0 Å². The zero-order valence-electron chi connectivity index (χ0n) is 11.0. The maximum Gasteiger partial charge on any atom is 0.307 e. The average Bonchev–Trinajstić information content (AvgIpc) is 2.97. The van der Waals surface area contributed by atoms with Crippen molar-refractivity contribution in [3.8, 4) is 12.3 Å². The van der Waals surface area contributed by atoms with Crippen LogP contribution < -0.4 is 5.32 Å². The van der Waals surface area contributed by atoms with Gasteiger partial charge < -0.3 is 10.4 Å². The van der Waals surface area contributed by atoms with E-state index in [1.807, 2.05) is 19.1 Å². The molecule has 2 N–H and O–H groups in total. The van der Waals surface area contributed by atoms with Gasteiger partial charge in [-0.1, -0.05) is 31.4 Å². The van der Waals surface area contributed by atoms with Crippen LogP contribution in [0.3, 0.4) is 0 Å². The van der Waals surface area contributed by atoms with Gasteiger partial charge in [0.25, 0.3) is 0 Å². The topological polar surface area (TPSA) is 66.4 Å². The van der Waals surface area contributed by atoms with Gasteiger partial charge in [-0.15, -0.1) is 6.42 Å². The van der Waals surface area contributed by atoms with Gasteiger partial charge in [-0.25, -0.2) is 0 Å². The highest BCUT2D eigenvalue weighted by Gasteiger charge is 2.51. The van der Waals surface area contributed by atoms with Gasteiger partial charge in [0.15, 0.2) is 0 Å². The summed E-state index contributed by atoms with van der Waals surface area (Å²) in [5.74, 6) is 0.424. The van der Waals surface area contributed by atoms with E-state index in [1.54, 1.807) is 0 Å². The average molecular weight is 261 g/mol. The van der Waals surface area contributed by atoms with Crippen LogP contribution in [-0.2, 0) is 9.59 Å². The van der Waals surface area contributed by atoms with Crippen LogP contribution in [0.5, 0.6) is 0 Å². The second-order valence-electron chi connectivity index (χ2n) is 5.35. The summed E-state index contributed by atoms with van der Waals surface area (Å²) in [4.78, 5) is 23.6. The van der Waals surface area contributed by atoms with Crippen molar-refractivity contribution < 1.29 is 14.7 Å². The van der Waals surface area contributed by atoms with Crippen LogP contribution >= 0.6 is 0 Å². The van der Waals surface area contributed by atoms with Gasteiger partial charge in [0.2, 0.25) is 5.91 Å². The maximum atomic E-state index is 12.3. The summed E-state index contributed by atoms with van der Waals surface area (Å²) in [6, 6.07) is -0.296. The van der Waals surface area contributed by atoms with Crippen molar-refractivity contribution in [3.05, 3.63) is 12.2 Å². The molecule has 102 valence electrons. The van der Waals surface area contributed by atoms with Gasteiger partial charge in [0.1, 0.15) is 0 Å². The normalized spacial score (nSPS) is 32.8. The Kier molecular flexibility index (Phi) is 3.94. The quantitative estimate of drug-likeness (QED) is 0.581. The summed E-state index contributed by atoms with van der Waals surface area (Å²) >= 11 is 0. The molecular weight excluding hydrogens is 242 g/mol. The number of amides is 1. The molecule has 2 bridgehead atoms. The van der Waals surface area contributed by atoms with Gasteiger partial charge >= 0.3 is 5.97 Å². The lowest BCUT2D eigenvalue weighted by Gasteiger charge is -2.25. The Morgan fingerprint density at radius 3 is 2.58 bits per heavy atom. The molecule has 2 aliphatic rings. The molecule has 2 aliphatic carbocycles. The molecule has 4 heteroatoms. The molecule has 1 saturated carbocycles. The third-order valence-corrected chi connectivity index (χ3v) is 4.14. The molecule has 1 amide bonds. The van der Waals surface area contributed by atoms with Crippen molar-refractivity contribution in [2.45, 2.75) is 32.2 Å². The number of hydrogen-bond acceptors (Lipinski definition) is 2. The molecule has 0 radical (unpaired) electrons. The van der Waals surface area contributed by atoms with E-state index >= 15 is 0 Å². The minimum absolute atomic E-state index is 0.00582. The number of fused-ring (bicyclic) bond motifs is 2. The number of rotatable bonds is 5. The van der Waals surface area contributed by atoms with E-state index in [4.69, 9.17) is 6.42 Å². The number of carboxylic acid groups (broad SMARTS) is 1. The molecule has 0 heterocycles. The third kappa shape index (κ3) is 2.51. The summed E-state index contributed by atoms with van der Waals surface area (Å²) in [5.41, 5.74) is 0. The number of allylic oxidation sites excluding steroid dienone is 2. The summed E-state index contributed by atoms with van der Waals surface area (Å²) in [6.07, 6.45) is 11.7. The number of carboxylic acids is 1. The Balaban J connectivity index is 2.08. The third-order valence-electron chi connectivity index (χ3n) is 4.14. The van der Waals surface area contributed by atoms with E-state index < -0.39 is 17.8 Å². The van der Waals surface area contributed by atoms with Crippen LogP contribution in [0.1, 0.15) is 26.2 Å². The highest BCUT2D eigenvalue weighted by atomic mass is 16.4. The molecule has 19 heavy (non-hydrogen) atoms. The van der Waals surface area contributed by atoms with Crippen molar-refractivity contribution in [2.75, 3.05) is 0 Å². The van der Waals surface area contributed by atoms with Crippen LogP contribution in [0.2, 0.25) is 0 Å². The lowest BCUT2D eigenvalue weighted by atomic mass is 9.82. The molecule has 5 atom stereocenters. The molecule has 4 nitrogen and oxygen atoms in total. The molecule has 0 aromatic rings. The summed E-state index contributed by atoms with van der Waals surface area (Å²) in [5, 5.41) is 12.1. The van der Waals surface area contributed by atoms with E-state index in [9.17, 15) is 14.7 Å². The Hall–Kier alpha value is -1.76. The first-order valence-corrected chi connectivity index (χ1v) is 6.76. The van der Waals surface area contributed by atoms with E-state index in [0.29, 0.717) is 0 Å². The first-order chi connectivity index (χ1) is 9.08. The van der Waals surface area contributed by atoms with Crippen LogP contribution in [0.15, 0.2) is 12.2 Å².